The normalized spacial score (nSPS) is 19.7. The van der Waals surface area contributed by atoms with E-state index in [1.165, 1.54) is 0 Å². The van der Waals surface area contributed by atoms with E-state index < -0.39 is 11.9 Å². The van der Waals surface area contributed by atoms with Crippen LogP contribution < -0.4 is 5.32 Å². The van der Waals surface area contributed by atoms with E-state index in [1.807, 2.05) is 0 Å². The number of carbonyl (C=O) groups is 2. The summed E-state index contributed by atoms with van der Waals surface area (Å²) in [5.74, 6) is -0.796. The molecule has 0 amide bonds. The Labute approximate surface area is 69.8 Å². The molecule has 0 saturated carbocycles. The van der Waals surface area contributed by atoms with Gasteiger partial charge in [0.25, 0.3) is 0 Å². The molecule has 0 atom stereocenters. The SMILES string of the molecule is C1=NCCN1.O=C1CCC(=O)O1. The largest absolute Gasteiger partial charge is 0.393 e. The van der Waals surface area contributed by atoms with E-state index in [0.717, 1.165) is 13.1 Å². The van der Waals surface area contributed by atoms with Crippen molar-refractivity contribution in [2.45, 2.75) is 12.8 Å². The second-order valence-corrected chi connectivity index (χ2v) is 2.34. The predicted octanol–water partition coefficient (Wildman–Crippen LogP) is -0.532. The molecule has 5 heteroatoms. The molecule has 0 aliphatic carbocycles. The van der Waals surface area contributed by atoms with Crippen LogP contribution in [0.5, 0.6) is 0 Å². The molecule has 2 aliphatic rings. The summed E-state index contributed by atoms with van der Waals surface area (Å²) in [5.41, 5.74) is 0. The average Bonchev–Trinajstić information content (AvgIpc) is 2.63. The average molecular weight is 170 g/mol. The van der Waals surface area contributed by atoms with E-state index in [-0.39, 0.29) is 12.8 Å². The quantitative estimate of drug-likeness (QED) is 0.392. The maximum absolute atomic E-state index is 10.0. The van der Waals surface area contributed by atoms with Crippen molar-refractivity contribution in [3.63, 3.8) is 0 Å². The van der Waals surface area contributed by atoms with Gasteiger partial charge in [-0.25, -0.2) is 0 Å². The summed E-state index contributed by atoms with van der Waals surface area (Å²) in [7, 11) is 0. The Morgan fingerprint density at radius 1 is 1.33 bits per heavy atom. The molecular formula is C7H10N2O3. The highest BCUT2D eigenvalue weighted by Gasteiger charge is 2.19. The van der Waals surface area contributed by atoms with Crippen molar-refractivity contribution in [3.8, 4) is 0 Å². The number of nitrogens with one attached hydrogen (secondary N) is 1. The standard InChI is InChI=1S/C4H4O3.C3H6N2/c5-3-1-2-4(6)7-3;1-2-5-3-4-1/h1-2H2;3H,1-2H2,(H,4,5). The second kappa shape index (κ2) is 4.48. The van der Waals surface area contributed by atoms with Crippen molar-refractivity contribution >= 4 is 18.3 Å². The number of cyclic esters (lactones) is 2. The summed E-state index contributed by atoms with van der Waals surface area (Å²) < 4.78 is 4.08. The van der Waals surface area contributed by atoms with E-state index in [9.17, 15) is 9.59 Å². The van der Waals surface area contributed by atoms with Crippen LogP contribution in [0, 0.1) is 0 Å². The van der Waals surface area contributed by atoms with Gasteiger partial charge in [-0.05, 0) is 0 Å². The van der Waals surface area contributed by atoms with Gasteiger partial charge in [0.2, 0.25) is 0 Å². The first-order valence-electron chi connectivity index (χ1n) is 3.74. The lowest BCUT2D eigenvalue weighted by Gasteiger charge is -1.79. The molecule has 2 rings (SSSR count). The number of aliphatic imine (C=N–C) groups is 1. The number of nitrogens with zero attached hydrogens (tertiary/aromatic N) is 1. The van der Waals surface area contributed by atoms with Gasteiger partial charge in [-0.1, -0.05) is 0 Å². The molecule has 12 heavy (non-hydrogen) atoms. The van der Waals surface area contributed by atoms with Crippen LogP contribution >= 0.6 is 0 Å². The van der Waals surface area contributed by atoms with Gasteiger partial charge in [0, 0.05) is 6.54 Å². The minimum Gasteiger partial charge on any atom is -0.393 e. The fourth-order valence-electron chi connectivity index (χ4n) is 0.756. The topological polar surface area (TPSA) is 67.8 Å². The van der Waals surface area contributed by atoms with Gasteiger partial charge in [0.05, 0.1) is 25.7 Å². The number of ether oxygens (including phenoxy) is 1. The summed E-state index contributed by atoms with van der Waals surface area (Å²) >= 11 is 0. The number of carbonyl (C=O) groups excluding carboxylic acids is 2. The van der Waals surface area contributed by atoms with Crippen LogP contribution in [0.2, 0.25) is 0 Å². The molecule has 66 valence electrons. The van der Waals surface area contributed by atoms with Gasteiger partial charge in [0.15, 0.2) is 0 Å². The Morgan fingerprint density at radius 3 is 2.17 bits per heavy atom. The Hall–Kier alpha value is -1.39. The zero-order valence-electron chi connectivity index (χ0n) is 6.58. The minimum absolute atomic E-state index is 0.263. The van der Waals surface area contributed by atoms with Crippen molar-refractivity contribution in [1.82, 2.24) is 5.32 Å². The number of rotatable bonds is 0. The third kappa shape index (κ3) is 3.14. The zero-order valence-corrected chi connectivity index (χ0v) is 6.58. The molecular weight excluding hydrogens is 160 g/mol. The van der Waals surface area contributed by atoms with Crippen LogP contribution in [0.25, 0.3) is 0 Å². The number of esters is 2. The van der Waals surface area contributed by atoms with Gasteiger partial charge >= 0.3 is 11.9 Å². The van der Waals surface area contributed by atoms with Crippen LogP contribution in [0.15, 0.2) is 4.99 Å². The third-order valence-electron chi connectivity index (χ3n) is 1.33. The maximum Gasteiger partial charge on any atom is 0.314 e. The lowest BCUT2D eigenvalue weighted by molar-refractivity contribution is -0.151. The van der Waals surface area contributed by atoms with E-state index >= 15 is 0 Å². The molecule has 1 saturated heterocycles. The third-order valence-corrected chi connectivity index (χ3v) is 1.33. The van der Waals surface area contributed by atoms with Crippen molar-refractivity contribution in [1.29, 1.82) is 0 Å². The molecule has 2 heterocycles. The Kier molecular flexibility index (Phi) is 3.25. The fourth-order valence-corrected chi connectivity index (χ4v) is 0.756. The molecule has 0 aromatic rings. The van der Waals surface area contributed by atoms with E-state index in [4.69, 9.17) is 0 Å². The first-order chi connectivity index (χ1) is 5.79. The molecule has 0 aromatic carbocycles. The van der Waals surface area contributed by atoms with Crippen molar-refractivity contribution in [2.75, 3.05) is 13.1 Å². The summed E-state index contributed by atoms with van der Waals surface area (Å²) in [6, 6.07) is 0. The summed E-state index contributed by atoms with van der Waals surface area (Å²) in [6.07, 6.45) is 2.26. The minimum atomic E-state index is -0.398. The number of hydrogen-bond donors (Lipinski definition) is 1. The van der Waals surface area contributed by atoms with Crippen LogP contribution in [0.1, 0.15) is 12.8 Å². The highest BCUT2D eigenvalue weighted by atomic mass is 16.6. The van der Waals surface area contributed by atoms with E-state index in [1.54, 1.807) is 6.34 Å². The van der Waals surface area contributed by atoms with Crippen LogP contribution in [-0.4, -0.2) is 31.4 Å². The molecule has 0 radical (unpaired) electrons. The number of hydrogen-bond acceptors (Lipinski definition) is 5. The molecule has 0 spiro atoms. The fraction of sp³-hybridized carbons (Fsp3) is 0.571. The predicted molar refractivity (Wildman–Crippen MR) is 41.7 cm³/mol. The molecule has 2 aliphatic heterocycles. The van der Waals surface area contributed by atoms with Gasteiger partial charge in [0.1, 0.15) is 0 Å². The second-order valence-electron chi connectivity index (χ2n) is 2.34. The van der Waals surface area contributed by atoms with Gasteiger partial charge < -0.3 is 10.1 Å². The molecule has 1 fully saturated rings. The lowest BCUT2D eigenvalue weighted by Crippen LogP contribution is -2.04. The molecule has 0 unspecified atom stereocenters. The maximum atomic E-state index is 10.0. The first-order valence-corrected chi connectivity index (χ1v) is 3.74. The smallest absolute Gasteiger partial charge is 0.314 e. The lowest BCUT2D eigenvalue weighted by atomic mass is 10.4. The van der Waals surface area contributed by atoms with Gasteiger partial charge in [-0.15, -0.1) is 0 Å². The van der Waals surface area contributed by atoms with Crippen LogP contribution in [-0.2, 0) is 14.3 Å². The molecule has 0 aromatic heterocycles. The highest BCUT2D eigenvalue weighted by molar-refractivity contribution is 5.92. The highest BCUT2D eigenvalue weighted by Crippen LogP contribution is 2.03. The Bertz CT molecular complexity index is 193. The van der Waals surface area contributed by atoms with Crippen molar-refractivity contribution in [2.24, 2.45) is 4.99 Å². The summed E-state index contributed by atoms with van der Waals surface area (Å²) in [4.78, 5) is 23.9. The van der Waals surface area contributed by atoms with E-state index in [0.29, 0.717) is 0 Å². The van der Waals surface area contributed by atoms with E-state index in [2.05, 4.69) is 15.0 Å². The first kappa shape index (κ1) is 8.70. The van der Waals surface area contributed by atoms with Crippen molar-refractivity contribution in [3.05, 3.63) is 0 Å². The zero-order chi connectivity index (χ0) is 8.81. The van der Waals surface area contributed by atoms with Gasteiger partial charge in [-0.3, -0.25) is 14.6 Å². The molecule has 0 bridgehead atoms. The molecule has 5 nitrogen and oxygen atoms in total. The monoisotopic (exact) mass is 170 g/mol. The summed E-state index contributed by atoms with van der Waals surface area (Å²) in [6.45, 7) is 1.99. The van der Waals surface area contributed by atoms with Crippen molar-refractivity contribution < 1.29 is 14.3 Å². The Balaban J connectivity index is 0.000000127. The van der Waals surface area contributed by atoms with Crippen LogP contribution in [0.3, 0.4) is 0 Å². The van der Waals surface area contributed by atoms with Crippen LogP contribution in [0.4, 0.5) is 0 Å². The van der Waals surface area contributed by atoms with Gasteiger partial charge in [-0.2, -0.15) is 0 Å². The Morgan fingerprint density at radius 2 is 2.00 bits per heavy atom. The summed E-state index contributed by atoms with van der Waals surface area (Å²) in [5, 5.41) is 2.93. The molecule has 1 N–H and O–H groups in total.